The van der Waals surface area contributed by atoms with E-state index in [2.05, 4.69) is 10.1 Å². The third kappa shape index (κ3) is 2.77. The largest absolute Gasteiger partial charge is 0.302 e. The van der Waals surface area contributed by atoms with Gasteiger partial charge in [0.1, 0.15) is 11.4 Å². The van der Waals surface area contributed by atoms with E-state index in [4.69, 9.17) is 0 Å². The van der Waals surface area contributed by atoms with Crippen LogP contribution in [-0.4, -0.2) is 25.1 Å². The molecule has 2 aromatic carbocycles. The van der Waals surface area contributed by atoms with Gasteiger partial charge in [-0.25, -0.2) is 4.98 Å². The summed E-state index contributed by atoms with van der Waals surface area (Å²) < 4.78 is 2.75. The molecule has 0 aliphatic rings. The Labute approximate surface area is 159 Å². The number of carbonyl (C=O) groups is 1. The molecule has 0 unspecified atom stereocenters. The van der Waals surface area contributed by atoms with Crippen LogP contribution in [0, 0.1) is 13.8 Å². The second kappa shape index (κ2) is 6.45. The van der Waals surface area contributed by atoms with Crippen molar-refractivity contribution >= 4 is 16.7 Å². The van der Waals surface area contributed by atoms with Gasteiger partial charge in [0.2, 0.25) is 0 Å². The molecule has 0 saturated heterocycles. The van der Waals surface area contributed by atoms with Crippen molar-refractivity contribution < 1.29 is 4.79 Å². The molecule has 140 valence electrons. The fraction of sp³-hybridized carbons (Fsp3) is 0.143. The van der Waals surface area contributed by atoms with Crippen LogP contribution in [0.5, 0.6) is 0 Å². The molecule has 0 saturated carbocycles. The van der Waals surface area contributed by atoms with Gasteiger partial charge in [-0.2, -0.15) is 0 Å². The van der Waals surface area contributed by atoms with Crippen molar-refractivity contribution in [3.8, 4) is 5.69 Å². The molecule has 4 rings (SSSR count). The smallest absolute Gasteiger partial charge is 0.277 e. The van der Waals surface area contributed by atoms with Crippen molar-refractivity contribution in [3.05, 3.63) is 91.9 Å². The number of aryl methyl sites for hydroxylation is 3. The number of ketones is 1. The van der Waals surface area contributed by atoms with E-state index >= 15 is 0 Å². The molecule has 1 N–H and O–H groups in total. The van der Waals surface area contributed by atoms with Crippen molar-refractivity contribution in [2.75, 3.05) is 0 Å². The fourth-order valence-corrected chi connectivity index (χ4v) is 3.29. The Kier molecular flexibility index (Phi) is 4.07. The van der Waals surface area contributed by atoms with Gasteiger partial charge in [-0.15, -0.1) is 0 Å². The Hall–Kier alpha value is -3.74. The number of rotatable bonds is 3. The predicted octanol–water partition coefficient (Wildman–Crippen LogP) is 2.26. The van der Waals surface area contributed by atoms with Crippen LogP contribution in [0.25, 0.3) is 16.6 Å². The third-order valence-corrected chi connectivity index (χ3v) is 4.74. The van der Waals surface area contributed by atoms with E-state index in [1.54, 1.807) is 19.1 Å². The summed E-state index contributed by atoms with van der Waals surface area (Å²) in [6.07, 6.45) is 1.37. The highest BCUT2D eigenvalue weighted by molar-refractivity contribution is 6.10. The van der Waals surface area contributed by atoms with Gasteiger partial charge in [0.05, 0.1) is 16.6 Å². The normalized spacial score (nSPS) is 11.1. The van der Waals surface area contributed by atoms with Gasteiger partial charge in [0.15, 0.2) is 5.78 Å². The lowest BCUT2D eigenvalue weighted by atomic mass is 10.0. The summed E-state index contributed by atoms with van der Waals surface area (Å²) in [4.78, 5) is 42.5. The molecule has 7 nitrogen and oxygen atoms in total. The number of nitrogens with one attached hydrogen (secondary N) is 1. The van der Waals surface area contributed by atoms with E-state index in [1.165, 1.54) is 28.6 Å². The molecule has 2 heterocycles. The summed E-state index contributed by atoms with van der Waals surface area (Å²) in [5.74, 6) is 0.118. The maximum Gasteiger partial charge on any atom is 0.277 e. The highest BCUT2D eigenvalue weighted by atomic mass is 16.2. The third-order valence-electron chi connectivity index (χ3n) is 4.74. The summed E-state index contributed by atoms with van der Waals surface area (Å²) in [6, 6.07) is 12.3. The molecule has 0 aliphatic heterocycles. The van der Waals surface area contributed by atoms with Crippen LogP contribution >= 0.6 is 0 Å². The van der Waals surface area contributed by atoms with Crippen LogP contribution in [0.1, 0.15) is 27.3 Å². The molecule has 2 aromatic heterocycles. The lowest BCUT2D eigenvalue weighted by Crippen LogP contribution is -2.23. The maximum atomic E-state index is 13.2. The second-order valence-electron chi connectivity index (χ2n) is 6.75. The van der Waals surface area contributed by atoms with E-state index in [9.17, 15) is 14.4 Å². The average Bonchev–Trinajstić information content (AvgIpc) is 3.00. The Morgan fingerprint density at radius 2 is 1.82 bits per heavy atom. The van der Waals surface area contributed by atoms with Gasteiger partial charge in [-0.3, -0.25) is 23.6 Å². The van der Waals surface area contributed by atoms with Gasteiger partial charge in [0, 0.05) is 18.8 Å². The molecule has 0 fully saturated rings. The average molecular weight is 374 g/mol. The molecule has 0 radical (unpaired) electrons. The van der Waals surface area contributed by atoms with Gasteiger partial charge in [-0.05, 0) is 49.7 Å². The molecule has 7 heteroatoms. The van der Waals surface area contributed by atoms with Crippen LogP contribution in [0.15, 0.2) is 58.3 Å². The van der Waals surface area contributed by atoms with Gasteiger partial charge >= 0.3 is 0 Å². The number of nitrogens with zero attached hydrogens (tertiary/aromatic N) is 3. The summed E-state index contributed by atoms with van der Waals surface area (Å²) in [7, 11) is 1.53. The molecule has 0 atom stereocenters. The van der Waals surface area contributed by atoms with Crippen LogP contribution in [-0.2, 0) is 7.05 Å². The number of fused-ring (bicyclic) bond motifs is 1. The van der Waals surface area contributed by atoms with E-state index in [0.29, 0.717) is 22.4 Å². The summed E-state index contributed by atoms with van der Waals surface area (Å²) in [5.41, 5.74) is 1.87. The van der Waals surface area contributed by atoms with E-state index in [1.807, 2.05) is 31.2 Å². The Morgan fingerprint density at radius 3 is 2.50 bits per heavy atom. The van der Waals surface area contributed by atoms with Gasteiger partial charge < -0.3 is 5.10 Å². The molecule has 4 aromatic rings. The van der Waals surface area contributed by atoms with Crippen LogP contribution in [0.2, 0.25) is 0 Å². The first-order valence-corrected chi connectivity index (χ1v) is 8.76. The van der Waals surface area contributed by atoms with Crippen LogP contribution < -0.4 is 11.1 Å². The molecule has 0 bridgehead atoms. The standard InChI is InChI=1S/C21H18N4O3/c1-12-5-4-6-15(9-12)25-13(2)23-18-8-7-14(10-16(18)21(25)28)19(26)17-11-22-24(3)20(17)27/h4-11,22H,1-3H3. The highest BCUT2D eigenvalue weighted by Gasteiger charge is 2.18. The minimum atomic E-state index is -0.439. The van der Waals surface area contributed by atoms with E-state index in [-0.39, 0.29) is 16.7 Å². The van der Waals surface area contributed by atoms with Crippen molar-refractivity contribution in [1.82, 2.24) is 19.3 Å². The zero-order valence-corrected chi connectivity index (χ0v) is 15.7. The minimum Gasteiger partial charge on any atom is -0.302 e. The van der Waals surface area contributed by atoms with Crippen molar-refractivity contribution in [3.63, 3.8) is 0 Å². The minimum absolute atomic E-state index is 0.0286. The fourth-order valence-electron chi connectivity index (χ4n) is 3.29. The lowest BCUT2D eigenvalue weighted by molar-refractivity contribution is 0.103. The highest BCUT2D eigenvalue weighted by Crippen LogP contribution is 2.16. The second-order valence-corrected chi connectivity index (χ2v) is 6.75. The number of benzene rings is 2. The number of aromatic nitrogens is 4. The SMILES string of the molecule is Cc1cccc(-n2c(C)nc3ccc(C(=O)c4c[nH]n(C)c4=O)cc3c2=O)c1. The molecule has 0 spiro atoms. The summed E-state index contributed by atoms with van der Waals surface area (Å²) in [6.45, 7) is 3.72. The lowest BCUT2D eigenvalue weighted by Gasteiger charge is -2.12. The number of H-pyrrole nitrogens is 1. The first-order chi connectivity index (χ1) is 13.4. The quantitative estimate of drug-likeness (QED) is 0.557. The van der Waals surface area contributed by atoms with Gasteiger partial charge in [-0.1, -0.05) is 12.1 Å². The first-order valence-electron chi connectivity index (χ1n) is 8.76. The van der Waals surface area contributed by atoms with Crippen molar-refractivity contribution in [1.29, 1.82) is 0 Å². The van der Waals surface area contributed by atoms with Crippen molar-refractivity contribution in [2.24, 2.45) is 7.05 Å². The van der Waals surface area contributed by atoms with Gasteiger partial charge in [0.25, 0.3) is 11.1 Å². The predicted molar refractivity (Wildman–Crippen MR) is 106 cm³/mol. The summed E-state index contributed by atoms with van der Waals surface area (Å²) >= 11 is 0. The molecule has 0 aliphatic carbocycles. The van der Waals surface area contributed by atoms with E-state index < -0.39 is 11.3 Å². The van der Waals surface area contributed by atoms with E-state index in [0.717, 1.165) is 5.56 Å². The molecule has 28 heavy (non-hydrogen) atoms. The van der Waals surface area contributed by atoms with Crippen LogP contribution in [0.3, 0.4) is 0 Å². The Balaban J connectivity index is 1.92. The Bertz CT molecular complexity index is 1360. The number of carbonyl (C=O) groups excluding carboxylic acids is 1. The maximum absolute atomic E-state index is 13.2. The zero-order chi connectivity index (χ0) is 20.0. The monoisotopic (exact) mass is 374 g/mol. The number of hydrogen-bond donors (Lipinski definition) is 1. The molecule has 0 amide bonds. The zero-order valence-electron chi connectivity index (χ0n) is 15.7. The molecular weight excluding hydrogens is 356 g/mol. The first kappa shape index (κ1) is 17.7. The Morgan fingerprint density at radius 1 is 1.04 bits per heavy atom. The topological polar surface area (TPSA) is 89.8 Å². The number of hydrogen-bond acceptors (Lipinski definition) is 4. The number of aromatic amines is 1. The van der Waals surface area contributed by atoms with Crippen LogP contribution in [0.4, 0.5) is 0 Å². The molecular formula is C21H18N4O3. The van der Waals surface area contributed by atoms with Crippen molar-refractivity contribution in [2.45, 2.75) is 13.8 Å². The summed E-state index contributed by atoms with van der Waals surface area (Å²) in [5, 5.41) is 3.01.